The normalized spacial score (nSPS) is 11.9. The molecule has 0 N–H and O–H groups in total. The number of ether oxygens (including phenoxy) is 1. The molecule has 1 heterocycles. The summed E-state index contributed by atoms with van der Waals surface area (Å²) in [6.07, 6.45) is 3.50. The topological polar surface area (TPSA) is 61.2 Å². The smallest absolute Gasteiger partial charge is 0.282 e. The SMILES string of the molecule is CCCCOc1ccc(S(=O)(=O)n2ccc(C)n2)cc1C(C)C. The Morgan fingerprint density at radius 2 is 2.00 bits per heavy atom. The average Bonchev–Trinajstić information content (AvgIpc) is 2.95. The second kappa shape index (κ2) is 7.17. The summed E-state index contributed by atoms with van der Waals surface area (Å²) in [4.78, 5) is 0.229. The Bertz CT molecular complexity index is 764. The average molecular weight is 336 g/mol. The Labute approximate surface area is 138 Å². The molecule has 6 heteroatoms. The maximum absolute atomic E-state index is 12.7. The van der Waals surface area contributed by atoms with Crippen molar-refractivity contribution in [3.63, 3.8) is 0 Å². The minimum Gasteiger partial charge on any atom is -0.493 e. The van der Waals surface area contributed by atoms with Gasteiger partial charge in [-0.2, -0.15) is 17.6 Å². The predicted molar refractivity (Wildman–Crippen MR) is 90.5 cm³/mol. The van der Waals surface area contributed by atoms with Crippen molar-refractivity contribution < 1.29 is 13.2 Å². The summed E-state index contributed by atoms with van der Waals surface area (Å²) in [6, 6.07) is 6.69. The van der Waals surface area contributed by atoms with Crippen LogP contribution in [0.1, 0.15) is 50.8 Å². The Morgan fingerprint density at radius 1 is 1.26 bits per heavy atom. The lowest BCUT2D eigenvalue weighted by atomic mass is 10.0. The Balaban J connectivity index is 2.39. The van der Waals surface area contributed by atoms with Crippen molar-refractivity contribution in [3.05, 3.63) is 41.7 Å². The first-order valence-corrected chi connectivity index (χ1v) is 9.35. The zero-order valence-corrected chi connectivity index (χ0v) is 14.9. The summed E-state index contributed by atoms with van der Waals surface area (Å²) in [5.74, 6) is 0.921. The molecule has 0 aliphatic rings. The van der Waals surface area contributed by atoms with Crippen LogP contribution in [0.4, 0.5) is 0 Å². The minimum atomic E-state index is -3.67. The molecule has 1 aromatic heterocycles. The molecule has 0 spiro atoms. The molecule has 126 valence electrons. The first-order valence-electron chi connectivity index (χ1n) is 7.91. The van der Waals surface area contributed by atoms with Crippen LogP contribution in [-0.4, -0.2) is 24.2 Å². The molecule has 2 aromatic rings. The van der Waals surface area contributed by atoms with E-state index in [1.54, 1.807) is 31.2 Å². The number of aromatic nitrogens is 2. The third-order valence-electron chi connectivity index (χ3n) is 3.60. The van der Waals surface area contributed by atoms with Crippen LogP contribution in [0.3, 0.4) is 0 Å². The summed E-state index contributed by atoms with van der Waals surface area (Å²) in [7, 11) is -3.67. The highest BCUT2D eigenvalue weighted by Gasteiger charge is 2.20. The Hall–Kier alpha value is -1.82. The number of unbranched alkanes of at least 4 members (excludes halogenated alkanes) is 1. The van der Waals surface area contributed by atoms with E-state index in [0.717, 1.165) is 28.2 Å². The van der Waals surface area contributed by atoms with E-state index >= 15 is 0 Å². The summed E-state index contributed by atoms with van der Waals surface area (Å²) in [6.45, 7) is 8.55. The molecule has 0 atom stereocenters. The van der Waals surface area contributed by atoms with E-state index in [4.69, 9.17) is 4.74 Å². The van der Waals surface area contributed by atoms with Gasteiger partial charge in [0, 0.05) is 6.20 Å². The summed E-state index contributed by atoms with van der Waals surface area (Å²) in [5.41, 5.74) is 1.56. The first kappa shape index (κ1) is 17.5. The molecule has 0 saturated carbocycles. The van der Waals surface area contributed by atoms with Crippen molar-refractivity contribution in [2.24, 2.45) is 0 Å². The van der Waals surface area contributed by atoms with Crippen LogP contribution in [-0.2, 0) is 10.0 Å². The van der Waals surface area contributed by atoms with E-state index in [0.29, 0.717) is 12.3 Å². The molecule has 0 fully saturated rings. The zero-order chi connectivity index (χ0) is 17.0. The van der Waals surface area contributed by atoms with Gasteiger partial charge in [-0.15, -0.1) is 0 Å². The van der Waals surface area contributed by atoms with E-state index in [9.17, 15) is 8.42 Å². The van der Waals surface area contributed by atoms with E-state index < -0.39 is 10.0 Å². The fourth-order valence-corrected chi connectivity index (χ4v) is 3.42. The Kier molecular flexibility index (Phi) is 5.46. The van der Waals surface area contributed by atoms with Gasteiger partial charge in [-0.25, -0.2) is 0 Å². The van der Waals surface area contributed by atoms with E-state index in [1.165, 1.54) is 6.20 Å². The van der Waals surface area contributed by atoms with Gasteiger partial charge in [-0.1, -0.05) is 27.2 Å². The van der Waals surface area contributed by atoms with Gasteiger partial charge in [0.2, 0.25) is 0 Å². The van der Waals surface area contributed by atoms with Gasteiger partial charge < -0.3 is 4.74 Å². The predicted octanol–water partition coefficient (Wildman–Crippen LogP) is 3.73. The number of benzene rings is 1. The molecule has 0 aliphatic carbocycles. The van der Waals surface area contributed by atoms with Crippen molar-refractivity contribution in [2.45, 2.75) is 51.3 Å². The standard InChI is InChI=1S/C17H24N2O3S/c1-5-6-11-22-17-8-7-15(12-16(17)13(2)3)23(20,21)19-10-9-14(4)18-19/h7-10,12-13H,5-6,11H2,1-4H3. The Morgan fingerprint density at radius 3 is 2.57 bits per heavy atom. The van der Waals surface area contributed by atoms with Crippen LogP contribution in [0.2, 0.25) is 0 Å². The van der Waals surface area contributed by atoms with Gasteiger partial charge >= 0.3 is 0 Å². The number of aryl methyl sites for hydroxylation is 1. The molecule has 0 bridgehead atoms. The fourth-order valence-electron chi connectivity index (χ4n) is 2.23. The number of hydrogen-bond acceptors (Lipinski definition) is 4. The highest BCUT2D eigenvalue weighted by atomic mass is 32.2. The van der Waals surface area contributed by atoms with Crippen molar-refractivity contribution in [3.8, 4) is 5.75 Å². The van der Waals surface area contributed by atoms with E-state index in [1.807, 2.05) is 13.8 Å². The zero-order valence-electron chi connectivity index (χ0n) is 14.1. The highest BCUT2D eigenvalue weighted by molar-refractivity contribution is 7.89. The molecule has 0 unspecified atom stereocenters. The van der Waals surface area contributed by atoms with Crippen LogP contribution in [0.25, 0.3) is 0 Å². The maximum Gasteiger partial charge on any atom is 0.282 e. The first-order chi connectivity index (χ1) is 10.9. The fraction of sp³-hybridized carbons (Fsp3) is 0.471. The van der Waals surface area contributed by atoms with Gasteiger partial charge in [0.25, 0.3) is 10.0 Å². The third kappa shape index (κ3) is 3.93. The van der Waals surface area contributed by atoms with Crippen LogP contribution in [0.15, 0.2) is 35.4 Å². The van der Waals surface area contributed by atoms with Crippen molar-refractivity contribution in [1.82, 2.24) is 9.19 Å². The van der Waals surface area contributed by atoms with Crippen molar-refractivity contribution in [1.29, 1.82) is 0 Å². The van der Waals surface area contributed by atoms with Gasteiger partial charge in [0.1, 0.15) is 5.75 Å². The minimum absolute atomic E-state index is 0.168. The van der Waals surface area contributed by atoms with Gasteiger partial charge in [-0.3, -0.25) is 0 Å². The molecular formula is C17H24N2O3S. The van der Waals surface area contributed by atoms with Crippen molar-refractivity contribution in [2.75, 3.05) is 6.61 Å². The van der Waals surface area contributed by atoms with Gasteiger partial charge in [-0.05, 0) is 49.1 Å². The lowest BCUT2D eigenvalue weighted by molar-refractivity contribution is 0.305. The van der Waals surface area contributed by atoms with Crippen molar-refractivity contribution >= 4 is 10.0 Å². The highest BCUT2D eigenvalue weighted by Crippen LogP contribution is 2.30. The third-order valence-corrected chi connectivity index (χ3v) is 5.15. The van der Waals surface area contributed by atoms with Crippen LogP contribution >= 0.6 is 0 Å². The number of hydrogen-bond donors (Lipinski definition) is 0. The maximum atomic E-state index is 12.7. The lowest BCUT2D eigenvalue weighted by Crippen LogP contribution is -2.14. The number of rotatable bonds is 7. The second-order valence-corrected chi connectivity index (χ2v) is 7.69. The van der Waals surface area contributed by atoms with E-state index in [-0.39, 0.29) is 10.8 Å². The summed E-state index contributed by atoms with van der Waals surface area (Å²) in [5, 5.41) is 4.01. The molecule has 0 amide bonds. The molecule has 0 saturated heterocycles. The molecule has 0 aliphatic heterocycles. The summed E-state index contributed by atoms with van der Waals surface area (Å²) < 4.78 is 32.1. The molecule has 23 heavy (non-hydrogen) atoms. The number of nitrogens with zero attached hydrogens (tertiary/aromatic N) is 2. The van der Waals surface area contributed by atoms with Gasteiger partial charge in [0.15, 0.2) is 0 Å². The monoisotopic (exact) mass is 336 g/mol. The molecule has 0 radical (unpaired) electrons. The molecular weight excluding hydrogens is 312 g/mol. The largest absolute Gasteiger partial charge is 0.493 e. The van der Waals surface area contributed by atoms with E-state index in [2.05, 4.69) is 12.0 Å². The van der Waals surface area contributed by atoms with Crippen LogP contribution in [0.5, 0.6) is 5.75 Å². The summed E-state index contributed by atoms with van der Waals surface area (Å²) >= 11 is 0. The molecule has 1 aromatic carbocycles. The lowest BCUT2D eigenvalue weighted by Gasteiger charge is -2.15. The molecule has 2 rings (SSSR count). The molecule has 5 nitrogen and oxygen atoms in total. The van der Waals surface area contributed by atoms with Gasteiger partial charge in [0.05, 0.1) is 17.2 Å². The van der Waals surface area contributed by atoms with Crippen LogP contribution in [0, 0.1) is 6.92 Å². The second-order valence-electron chi connectivity index (χ2n) is 5.89. The van der Waals surface area contributed by atoms with Crippen LogP contribution < -0.4 is 4.74 Å². The quantitative estimate of drug-likeness (QED) is 0.723.